The van der Waals surface area contributed by atoms with E-state index in [1.807, 2.05) is 5.32 Å². The second-order valence-electron chi connectivity index (χ2n) is 3.16. The number of ether oxygens (including phenoxy) is 1. The Balaban J connectivity index is 2.87. The highest BCUT2D eigenvalue weighted by Gasteiger charge is 2.30. The van der Waals surface area contributed by atoms with Crippen LogP contribution in [0.2, 0.25) is 0 Å². The second kappa shape index (κ2) is 4.91. The van der Waals surface area contributed by atoms with Gasteiger partial charge >= 0.3 is 17.8 Å². The van der Waals surface area contributed by atoms with Crippen molar-refractivity contribution in [2.45, 2.75) is 5.97 Å². The molecule has 0 aliphatic heterocycles. The van der Waals surface area contributed by atoms with E-state index in [0.717, 1.165) is 0 Å². The van der Waals surface area contributed by atoms with Crippen molar-refractivity contribution in [2.75, 3.05) is 12.4 Å². The second-order valence-corrected chi connectivity index (χ2v) is 3.16. The molecule has 17 heavy (non-hydrogen) atoms. The summed E-state index contributed by atoms with van der Waals surface area (Å²) in [6, 6.07) is 5.56. The number of amides is 1. The van der Waals surface area contributed by atoms with Crippen LogP contribution in [-0.4, -0.2) is 40.3 Å². The first-order valence-electron chi connectivity index (χ1n) is 4.51. The molecular formula is C10H11NO6. The van der Waals surface area contributed by atoms with Gasteiger partial charge in [-0.2, -0.15) is 0 Å². The predicted molar refractivity (Wildman–Crippen MR) is 55.8 cm³/mol. The monoisotopic (exact) mass is 241 g/mol. The molecule has 1 aromatic rings. The lowest BCUT2D eigenvalue weighted by Crippen LogP contribution is -2.42. The largest absolute Gasteiger partial charge is 0.465 e. The van der Waals surface area contributed by atoms with Crippen LogP contribution in [0, 0.1) is 0 Å². The Morgan fingerprint density at radius 1 is 1.29 bits per heavy atom. The van der Waals surface area contributed by atoms with Crippen LogP contribution >= 0.6 is 0 Å². The highest BCUT2D eigenvalue weighted by Crippen LogP contribution is 2.12. The average molecular weight is 241 g/mol. The maximum atomic E-state index is 11.2. The third kappa shape index (κ3) is 3.52. The average Bonchev–Trinajstić information content (AvgIpc) is 2.27. The van der Waals surface area contributed by atoms with Crippen molar-refractivity contribution < 1.29 is 29.6 Å². The van der Waals surface area contributed by atoms with Crippen molar-refractivity contribution >= 4 is 17.6 Å². The number of aliphatic hydroxyl groups is 3. The van der Waals surface area contributed by atoms with Gasteiger partial charge in [-0.3, -0.25) is 4.79 Å². The lowest BCUT2D eigenvalue weighted by atomic mass is 10.2. The van der Waals surface area contributed by atoms with Crippen molar-refractivity contribution in [1.82, 2.24) is 0 Å². The van der Waals surface area contributed by atoms with Crippen molar-refractivity contribution in [3.63, 3.8) is 0 Å². The first-order chi connectivity index (χ1) is 7.84. The fraction of sp³-hybridized carbons (Fsp3) is 0.200. The molecule has 0 atom stereocenters. The summed E-state index contributed by atoms with van der Waals surface area (Å²) in [6.07, 6.45) is 0. The number of hydrogen-bond donors (Lipinski definition) is 4. The first kappa shape index (κ1) is 13.1. The molecule has 0 unspecified atom stereocenters. The van der Waals surface area contributed by atoms with Crippen LogP contribution in [0.3, 0.4) is 0 Å². The molecule has 0 fully saturated rings. The number of benzene rings is 1. The van der Waals surface area contributed by atoms with Crippen LogP contribution < -0.4 is 5.32 Å². The van der Waals surface area contributed by atoms with Crippen LogP contribution in [0.5, 0.6) is 0 Å². The van der Waals surface area contributed by atoms with E-state index in [2.05, 4.69) is 4.74 Å². The minimum absolute atomic E-state index is 0.111. The molecule has 0 aliphatic rings. The highest BCUT2D eigenvalue weighted by molar-refractivity contribution is 5.96. The van der Waals surface area contributed by atoms with Gasteiger partial charge in [-0.05, 0) is 18.2 Å². The fourth-order valence-electron chi connectivity index (χ4n) is 1.06. The van der Waals surface area contributed by atoms with Gasteiger partial charge in [0.2, 0.25) is 0 Å². The van der Waals surface area contributed by atoms with Crippen molar-refractivity contribution in [3.05, 3.63) is 29.8 Å². The van der Waals surface area contributed by atoms with Crippen molar-refractivity contribution in [3.8, 4) is 0 Å². The van der Waals surface area contributed by atoms with E-state index >= 15 is 0 Å². The van der Waals surface area contributed by atoms with Gasteiger partial charge in [-0.1, -0.05) is 6.07 Å². The van der Waals surface area contributed by atoms with E-state index in [9.17, 15) is 9.59 Å². The summed E-state index contributed by atoms with van der Waals surface area (Å²) in [4.78, 5) is 22.2. The Labute approximate surface area is 96.3 Å². The maximum absolute atomic E-state index is 11.2. The van der Waals surface area contributed by atoms with Gasteiger partial charge in [0.1, 0.15) is 0 Å². The lowest BCUT2D eigenvalue weighted by Gasteiger charge is -2.13. The van der Waals surface area contributed by atoms with Gasteiger partial charge in [0.05, 0.1) is 12.7 Å². The molecule has 0 heterocycles. The van der Waals surface area contributed by atoms with Crippen LogP contribution in [0.15, 0.2) is 24.3 Å². The molecule has 0 bridgehead atoms. The van der Waals surface area contributed by atoms with Gasteiger partial charge in [-0.15, -0.1) is 0 Å². The molecule has 0 saturated carbocycles. The molecule has 0 saturated heterocycles. The van der Waals surface area contributed by atoms with E-state index in [1.165, 1.54) is 31.4 Å². The molecule has 92 valence electrons. The molecule has 7 heteroatoms. The first-order valence-corrected chi connectivity index (χ1v) is 4.51. The molecule has 0 radical (unpaired) electrons. The molecule has 0 spiro atoms. The Bertz CT molecular complexity index is 437. The van der Waals surface area contributed by atoms with Gasteiger partial charge in [0.15, 0.2) is 0 Å². The molecular weight excluding hydrogens is 230 g/mol. The number of hydrogen-bond acceptors (Lipinski definition) is 6. The molecule has 1 rings (SSSR count). The molecule has 1 amide bonds. The molecule has 1 aromatic carbocycles. The number of rotatable bonds is 3. The highest BCUT2D eigenvalue weighted by atomic mass is 16.7. The van der Waals surface area contributed by atoms with Gasteiger partial charge < -0.3 is 25.4 Å². The predicted octanol–water partition coefficient (Wildman–Crippen LogP) is -0.958. The number of methoxy groups -OCH3 is 1. The Morgan fingerprint density at radius 2 is 1.94 bits per heavy atom. The molecule has 0 aliphatic carbocycles. The fourth-order valence-corrected chi connectivity index (χ4v) is 1.06. The lowest BCUT2D eigenvalue weighted by molar-refractivity contribution is -0.284. The number of esters is 1. The summed E-state index contributed by atoms with van der Waals surface area (Å²) in [5.41, 5.74) is 0.282. The summed E-state index contributed by atoms with van der Waals surface area (Å²) >= 11 is 0. The van der Waals surface area contributed by atoms with E-state index in [-0.39, 0.29) is 11.3 Å². The minimum atomic E-state index is -3.47. The smallest absolute Gasteiger partial charge is 0.360 e. The van der Waals surface area contributed by atoms with E-state index < -0.39 is 17.8 Å². The van der Waals surface area contributed by atoms with Gasteiger partial charge in [0.25, 0.3) is 0 Å². The van der Waals surface area contributed by atoms with E-state index in [1.54, 1.807) is 0 Å². The van der Waals surface area contributed by atoms with Crippen LogP contribution in [0.4, 0.5) is 5.69 Å². The van der Waals surface area contributed by atoms with Gasteiger partial charge in [-0.25, -0.2) is 4.79 Å². The minimum Gasteiger partial charge on any atom is -0.465 e. The number of anilines is 1. The Morgan fingerprint density at radius 3 is 2.47 bits per heavy atom. The summed E-state index contributed by atoms with van der Waals surface area (Å²) in [6.45, 7) is 0. The van der Waals surface area contributed by atoms with Crippen LogP contribution in [0.1, 0.15) is 10.4 Å². The summed E-state index contributed by atoms with van der Waals surface area (Å²) < 4.78 is 4.46. The normalized spacial score (nSPS) is 10.8. The topological polar surface area (TPSA) is 116 Å². The van der Waals surface area contributed by atoms with Gasteiger partial charge in [0, 0.05) is 5.69 Å². The summed E-state index contributed by atoms with van der Waals surface area (Å²) in [5.74, 6) is -5.51. The van der Waals surface area contributed by atoms with E-state index in [4.69, 9.17) is 15.3 Å². The summed E-state index contributed by atoms with van der Waals surface area (Å²) in [5, 5.41) is 27.7. The SMILES string of the molecule is COC(=O)c1cccc(NC(=O)C(O)(O)O)c1. The maximum Gasteiger partial charge on any atom is 0.360 e. The summed E-state index contributed by atoms with van der Waals surface area (Å²) in [7, 11) is 1.20. The van der Waals surface area contributed by atoms with Crippen LogP contribution in [-0.2, 0) is 9.53 Å². The molecule has 7 nitrogen and oxygen atoms in total. The Hall–Kier alpha value is -1.96. The Kier molecular flexibility index (Phi) is 3.79. The van der Waals surface area contributed by atoms with Crippen molar-refractivity contribution in [2.24, 2.45) is 0 Å². The van der Waals surface area contributed by atoms with Crippen LogP contribution in [0.25, 0.3) is 0 Å². The van der Waals surface area contributed by atoms with Crippen molar-refractivity contribution in [1.29, 1.82) is 0 Å². The standard InChI is InChI=1S/C10H11NO6/c1-17-8(12)6-3-2-4-7(5-6)11-9(13)10(14,15)16/h2-5,14-16H,1H3,(H,11,13). The zero-order valence-electron chi connectivity index (χ0n) is 8.88. The van der Waals surface area contributed by atoms with E-state index in [0.29, 0.717) is 0 Å². The zero-order valence-corrected chi connectivity index (χ0v) is 8.88. The molecule has 0 aromatic heterocycles. The third-order valence-electron chi connectivity index (χ3n) is 1.85. The quantitative estimate of drug-likeness (QED) is 0.400. The number of nitrogens with one attached hydrogen (secondary N) is 1. The zero-order chi connectivity index (χ0) is 13.1. The third-order valence-corrected chi connectivity index (χ3v) is 1.85. The number of carbonyl (C=O) groups excluding carboxylic acids is 2. The molecule has 4 N–H and O–H groups in total. The number of carbonyl (C=O) groups is 2.